The molecule has 0 aliphatic heterocycles. The number of hydrogen-bond acceptors (Lipinski definition) is 2. The van der Waals surface area contributed by atoms with Crippen LogP contribution in [0.4, 0.5) is 0 Å². The molecule has 0 spiro atoms. The molecule has 2 unspecified atom stereocenters. The van der Waals surface area contributed by atoms with Gasteiger partial charge in [-0.25, -0.2) is 0 Å². The fourth-order valence-corrected chi connectivity index (χ4v) is 2.61. The van der Waals surface area contributed by atoms with E-state index in [1.165, 1.54) is 38.5 Å². The van der Waals surface area contributed by atoms with Gasteiger partial charge < -0.3 is 4.74 Å². The molecule has 0 saturated heterocycles. The lowest BCUT2D eigenvalue weighted by Crippen LogP contribution is -2.20. The van der Waals surface area contributed by atoms with E-state index in [1.807, 2.05) is 0 Å². The van der Waals surface area contributed by atoms with E-state index in [4.69, 9.17) is 4.74 Å². The normalized spacial score (nSPS) is 14.2. The molecule has 0 aliphatic carbocycles. The highest BCUT2D eigenvalue weighted by Gasteiger charge is 2.18. The van der Waals surface area contributed by atoms with Gasteiger partial charge in [0.15, 0.2) is 0 Å². The van der Waals surface area contributed by atoms with Crippen LogP contribution in [0.2, 0.25) is 0 Å². The van der Waals surface area contributed by atoms with Crippen LogP contribution in [0, 0.1) is 17.8 Å². The van der Waals surface area contributed by atoms with Gasteiger partial charge in [-0.2, -0.15) is 0 Å². The second-order valence-corrected chi connectivity index (χ2v) is 7.01. The summed E-state index contributed by atoms with van der Waals surface area (Å²) >= 11 is 0. The Labute approximate surface area is 133 Å². The largest absolute Gasteiger partial charge is 0.465 e. The van der Waals surface area contributed by atoms with Gasteiger partial charge in [-0.3, -0.25) is 4.79 Å². The van der Waals surface area contributed by atoms with E-state index in [2.05, 4.69) is 34.6 Å². The summed E-state index contributed by atoms with van der Waals surface area (Å²) in [5.74, 6) is 1.41. The van der Waals surface area contributed by atoms with E-state index in [-0.39, 0.29) is 11.9 Å². The predicted octanol–water partition coefficient (Wildman–Crippen LogP) is 5.99. The Morgan fingerprint density at radius 2 is 1.62 bits per heavy atom. The standard InChI is InChI=1S/C19H38O2/c1-6-8-9-10-14-18(7-2)19(20)21-15-17(5)13-11-12-16(3)4/h16-18H,6-15H2,1-5H3. The average Bonchev–Trinajstić information content (AvgIpc) is 2.44. The van der Waals surface area contributed by atoms with Crippen LogP contribution >= 0.6 is 0 Å². The fourth-order valence-electron chi connectivity index (χ4n) is 2.61. The molecule has 2 nitrogen and oxygen atoms in total. The van der Waals surface area contributed by atoms with Gasteiger partial charge in [-0.1, -0.05) is 73.1 Å². The number of ether oxygens (including phenoxy) is 1. The molecule has 0 N–H and O–H groups in total. The maximum absolute atomic E-state index is 12.1. The number of esters is 1. The van der Waals surface area contributed by atoms with Crippen molar-refractivity contribution < 1.29 is 9.53 Å². The molecule has 0 radical (unpaired) electrons. The molecule has 0 aromatic rings. The average molecular weight is 299 g/mol. The zero-order valence-corrected chi connectivity index (χ0v) is 15.1. The number of carbonyl (C=O) groups is 1. The number of unbranched alkanes of at least 4 members (excludes halogenated alkanes) is 3. The van der Waals surface area contributed by atoms with Gasteiger partial charge in [0.2, 0.25) is 0 Å². The molecule has 0 heterocycles. The maximum atomic E-state index is 12.1. The molecule has 0 rings (SSSR count). The third-order valence-electron chi connectivity index (χ3n) is 4.22. The minimum atomic E-state index is 0.0321. The van der Waals surface area contributed by atoms with Crippen molar-refractivity contribution in [1.29, 1.82) is 0 Å². The van der Waals surface area contributed by atoms with Crippen molar-refractivity contribution in [1.82, 2.24) is 0 Å². The Morgan fingerprint density at radius 3 is 2.19 bits per heavy atom. The lowest BCUT2D eigenvalue weighted by atomic mass is 9.98. The highest BCUT2D eigenvalue weighted by molar-refractivity contribution is 5.72. The topological polar surface area (TPSA) is 26.3 Å². The first-order chi connectivity index (χ1) is 10.0. The Balaban J connectivity index is 3.81. The summed E-state index contributed by atoms with van der Waals surface area (Å²) in [5.41, 5.74) is 0. The van der Waals surface area contributed by atoms with Crippen molar-refractivity contribution in [3.63, 3.8) is 0 Å². The molecule has 0 aromatic carbocycles. The number of rotatable bonds is 13. The van der Waals surface area contributed by atoms with E-state index < -0.39 is 0 Å². The Bertz CT molecular complexity index is 248. The summed E-state index contributed by atoms with van der Waals surface area (Å²) in [4.78, 5) is 12.1. The molecule has 0 bridgehead atoms. The smallest absolute Gasteiger partial charge is 0.308 e. The Hall–Kier alpha value is -0.530. The number of hydrogen-bond donors (Lipinski definition) is 0. The molecule has 2 atom stereocenters. The first kappa shape index (κ1) is 20.5. The number of carbonyl (C=O) groups excluding carboxylic acids is 1. The van der Waals surface area contributed by atoms with Gasteiger partial charge in [0.25, 0.3) is 0 Å². The van der Waals surface area contributed by atoms with E-state index >= 15 is 0 Å². The van der Waals surface area contributed by atoms with Crippen LogP contribution in [0.3, 0.4) is 0 Å². The van der Waals surface area contributed by atoms with Crippen molar-refractivity contribution in [2.45, 2.75) is 92.4 Å². The van der Waals surface area contributed by atoms with Crippen LogP contribution in [0.15, 0.2) is 0 Å². The second kappa shape index (κ2) is 13.2. The molecule has 0 saturated carbocycles. The first-order valence-corrected chi connectivity index (χ1v) is 9.17. The molecule has 2 heteroatoms. The summed E-state index contributed by atoms with van der Waals surface area (Å²) in [6.07, 6.45) is 10.5. The van der Waals surface area contributed by atoms with Crippen LogP contribution in [-0.4, -0.2) is 12.6 Å². The quantitative estimate of drug-likeness (QED) is 0.308. The van der Waals surface area contributed by atoms with Crippen molar-refractivity contribution in [2.75, 3.05) is 6.61 Å². The van der Waals surface area contributed by atoms with Crippen molar-refractivity contribution in [3.8, 4) is 0 Å². The third-order valence-corrected chi connectivity index (χ3v) is 4.22. The SMILES string of the molecule is CCCCCCC(CC)C(=O)OCC(C)CCCC(C)C. The lowest BCUT2D eigenvalue weighted by Gasteiger charge is -2.17. The molecular formula is C19H38O2. The van der Waals surface area contributed by atoms with E-state index in [1.54, 1.807) is 0 Å². The van der Waals surface area contributed by atoms with Crippen LogP contribution < -0.4 is 0 Å². The van der Waals surface area contributed by atoms with Crippen molar-refractivity contribution >= 4 is 5.97 Å². The molecule has 0 amide bonds. The molecule has 126 valence electrons. The van der Waals surface area contributed by atoms with Crippen LogP contribution in [0.5, 0.6) is 0 Å². The summed E-state index contributed by atoms with van der Waals surface area (Å²) < 4.78 is 5.53. The Kier molecular flexibility index (Phi) is 12.8. The van der Waals surface area contributed by atoms with E-state index in [0.717, 1.165) is 25.2 Å². The van der Waals surface area contributed by atoms with Gasteiger partial charge in [-0.15, -0.1) is 0 Å². The van der Waals surface area contributed by atoms with Gasteiger partial charge in [-0.05, 0) is 31.1 Å². The van der Waals surface area contributed by atoms with E-state index in [0.29, 0.717) is 12.5 Å². The van der Waals surface area contributed by atoms with Gasteiger partial charge in [0.05, 0.1) is 12.5 Å². The van der Waals surface area contributed by atoms with Crippen LogP contribution in [0.1, 0.15) is 92.4 Å². The Morgan fingerprint density at radius 1 is 0.905 bits per heavy atom. The minimum absolute atomic E-state index is 0.0321. The fraction of sp³-hybridized carbons (Fsp3) is 0.947. The third kappa shape index (κ3) is 11.8. The van der Waals surface area contributed by atoms with Crippen LogP contribution in [0.25, 0.3) is 0 Å². The van der Waals surface area contributed by atoms with Crippen molar-refractivity contribution in [2.24, 2.45) is 17.8 Å². The first-order valence-electron chi connectivity index (χ1n) is 9.17. The monoisotopic (exact) mass is 298 g/mol. The lowest BCUT2D eigenvalue weighted by molar-refractivity contribution is -0.150. The van der Waals surface area contributed by atoms with Crippen LogP contribution in [-0.2, 0) is 9.53 Å². The predicted molar refractivity (Wildman–Crippen MR) is 91.4 cm³/mol. The summed E-state index contributed by atoms with van der Waals surface area (Å²) in [7, 11) is 0. The molecule has 0 aliphatic rings. The van der Waals surface area contributed by atoms with E-state index in [9.17, 15) is 4.79 Å². The highest BCUT2D eigenvalue weighted by Crippen LogP contribution is 2.18. The van der Waals surface area contributed by atoms with Gasteiger partial charge in [0.1, 0.15) is 0 Å². The molecule has 0 fully saturated rings. The summed E-state index contributed by atoms with van der Waals surface area (Å²) in [5, 5.41) is 0. The maximum Gasteiger partial charge on any atom is 0.308 e. The highest BCUT2D eigenvalue weighted by atomic mass is 16.5. The molecule has 0 aromatic heterocycles. The zero-order chi connectivity index (χ0) is 16.1. The minimum Gasteiger partial charge on any atom is -0.465 e. The van der Waals surface area contributed by atoms with Gasteiger partial charge >= 0.3 is 5.97 Å². The van der Waals surface area contributed by atoms with Crippen molar-refractivity contribution in [3.05, 3.63) is 0 Å². The molecule has 21 heavy (non-hydrogen) atoms. The molecular weight excluding hydrogens is 260 g/mol. The zero-order valence-electron chi connectivity index (χ0n) is 15.1. The van der Waals surface area contributed by atoms with Gasteiger partial charge in [0, 0.05) is 0 Å². The summed E-state index contributed by atoms with van der Waals surface area (Å²) in [6.45, 7) is 11.6. The summed E-state index contributed by atoms with van der Waals surface area (Å²) in [6, 6.07) is 0. The second-order valence-electron chi connectivity index (χ2n) is 7.01.